The quantitative estimate of drug-likeness (QED) is 0.847. The standard InChI is InChI=1S/C13H13ClFNS/c1-2-12-3-4-13(17-12)8-16-11-6-9(14)5-10(15)7-11/h3-7,16H,2,8H2,1H3. The number of nitrogens with one attached hydrogen (secondary N) is 1. The zero-order valence-electron chi connectivity index (χ0n) is 9.47. The summed E-state index contributed by atoms with van der Waals surface area (Å²) in [6, 6.07) is 8.68. The number of aryl methyl sites for hydroxylation is 1. The van der Waals surface area contributed by atoms with Crippen LogP contribution < -0.4 is 5.32 Å². The van der Waals surface area contributed by atoms with Gasteiger partial charge in [0.15, 0.2) is 0 Å². The zero-order valence-corrected chi connectivity index (χ0v) is 11.0. The summed E-state index contributed by atoms with van der Waals surface area (Å²) in [7, 11) is 0. The Bertz CT molecular complexity index is 490. The number of hydrogen-bond acceptors (Lipinski definition) is 2. The van der Waals surface area contributed by atoms with Gasteiger partial charge in [0, 0.05) is 27.0 Å². The predicted molar refractivity (Wildman–Crippen MR) is 72.4 cm³/mol. The van der Waals surface area contributed by atoms with Gasteiger partial charge in [0.25, 0.3) is 0 Å². The van der Waals surface area contributed by atoms with Gasteiger partial charge in [0.1, 0.15) is 5.82 Å². The molecule has 0 spiro atoms. The van der Waals surface area contributed by atoms with Gasteiger partial charge in [-0.3, -0.25) is 0 Å². The number of hydrogen-bond donors (Lipinski definition) is 1. The highest BCUT2D eigenvalue weighted by Gasteiger charge is 2.01. The molecule has 2 rings (SSSR count). The lowest BCUT2D eigenvalue weighted by molar-refractivity contribution is 0.628. The molecule has 1 aromatic heterocycles. The SMILES string of the molecule is CCc1ccc(CNc2cc(F)cc(Cl)c2)s1. The van der Waals surface area contributed by atoms with Crippen LogP contribution in [0.1, 0.15) is 16.7 Å². The van der Waals surface area contributed by atoms with Gasteiger partial charge < -0.3 is 5.32 Å². The van der Waals surface area contributed by atoms with E-state index in [0.29, 0.717) is 17.3 Å². The van der Waals surface area contributed by atoms with E-state index in [9.17, 15) is 4.39 Å². The van der Waals surface area contributed by atoms with Gasteiger partial charge in [-0.25, -0.2) is 4.39 Å². The van der Waals surface area contributed by atoms with Crippen LogP contribution >= 0.6 is 22.9 Å². The van der Waals surface area contributed by atoms with Crippen molar-refractivity contribution >= 4 is 28.6 Å². The van der Waals surface area contributed by atoms with Gasteiger partial charge in [-0.05, 0) is 36.8 Å². The minimum Gasteiger partial charge on any atom is -0.380 e. The van der Waals surface area contributed by atoms with Gasteiger partial charge in [0.05, 0.1) is 0 Å². The third kappa shape index (κ3) is 3.45. The van der Waals surface area contributed by atoms with Crippen molar-refractivity contribution in [2.75, 3.05) is 5.32 Å². The third-order valence-corrected chi connectivity index (χ3v) is 3.84. The monoisotopic (exact) mass is 269 g/mol. The molecule has 2 aromatic rings. The van der Waals surface area contributed by atoms with Gasteiger partial charge in [-0.2, -0.15) is 0 Å². The highest BCUT2D eigenvalue weighted by Crippen LogP contribution is 2.21. The second-order valence-electron chi connectivity index (χ2n) is 3.73. The molecule has 0 atom stereocenters. The topological polar surface area (TPSA) is 12.0 Å². The van der Waals surface area contributed by atoms with Crippen LogP contribution in [-0.2, 0) is 13.0 Å². The van der Waals surface area contributed by atoms with E-state index in [4.69, 9.17) is 11.6 Å². The van der Waals surface area contributed by atoms with E-state index in [1.54, 1.807) is 17.4 Å². The summed E-state index contributed by atoms with van der Waals surface area (Å²) >= 11 is 7.55. The number of thiophene rings is 1. The second kappa shape index (κ2) is 5.52. The molecule has 0 aliphatic rings. The summed E-state index contributed by atoms with van der Waals surface area (Å²) in [5, 5.41) is 3.58. The average Bonchev–Trinajstić information content (AvgIpc) is 2.73. The van der Waals surface area contributed by atoms with Crippen LogP contribution in [-0.4, -0.2) is 0 Å². The lowest BCUT2D eigenvalue weighted by atomic mass is 10.3. The number of halogens is 2. The first-order chi connectivity index (χ1) is 8.17. The largest absolute Gasteiger partial charge is 0.380 e. The van der Waals surface area contributed by atoms with E-state index in [1.165, 1.54) is 21.9 Å². The van der Waals surface area contributed by atoms with Crippen molar-refractivity contribution < 1.29 is 4.39 Å². The molecule has 4 heteroatoms. The summed E-state index contributed by atoms with van der Waals surface area (Å²) in [5.41, 5.74) is 0.710. The Morgan fingerprint density at radius 3 is 2.65 bits per heavy atom. The van der Waals surface area contributed by atoms with Crippen LogP contribution in [0.4, 0.5) is 10.1 Å². The lowest BCUT2D eigenvalue weighted by Crippen LogP contribution is -1.97. The Morgan fingerprint density at radius 2 is 2.00 bits per heavy atom. The van der Waals surface area contributed by atoms with Gasteiger partial charge in [-0.1, -0.05) is 18.5 Å². The molecule has 1 nitrogen and oxygen atoms in total. The highest BCUT2D eigenvalue weighted by molar-refractivity contribution is 7.12. The first-order valence-corrected chi connectivity index (χ1v) is 6.64. The second-order valence-corrected chi connectivity index (χ2v) is 5.42. The average molecular weight is 270 g/mol. The van der Waals surface area contributed by atoms with E-state index >= 15 is 0 Å². The molecule has 0 bridgehead atoms. The Balaban J connectivity index is 2.01. The van der Waals surface area contributed by atoms with E-state index in [-0.39, 0.29) is 5.82 Å². The maximum Gasteiger partial charge on any atom is 0.126 e. The molecule has 0 amide bonds. The van der Waals surface area contributed by atoms with Crippen molar-refractivity contribution in [3.8, 4) is 0 Å². The first kappa shape index (κ1) is 12.4. The molecule has 17 heavy (non-hydrogen) atoms. The van der Waals surface area contributed by atoms with Crippen molar-refractivity contribution in [2.45, 2.75) is 19.9 Å². The summed E-state index contributed by atoms with van der Waals surface area (Å²) in [6.07, 6.45) is 1.05. The Morgan fingerprint density at radius 1 is 1.24 bits per heavy atom. The number of benzene rings is 1. The van der Waals surface area contributed by atoms with E-state index in [0.717, 1.165) is 6.42 Å². The third-order valence-electron chi connectivity index (χ3n) is 2.40. The highest BCUT2D eigenvalue weighted by atomic mass is 35.5. The summed E-state index contributed by atoms with van der Waals surface area (Å²) in [6.45, 7) is 2.83. The Kier molecular flexibility index (Phi) is 4.02. The fraction of sp³-hybridized carbons (Fsp3) is 0.231. The normalized spacial score (nSPS) is 10.5. The van der Waals surface area contributed by atoms with Crippen molar-refractivity contribution in [2.24, 2.45) is 0 Å². The molecule has 0 saturated carbocycles. The van der Waals surface area contributed by atoms with Crippen LogP contribution in [0.2, 0.25) is 5.02 Å². The van der Waals surface area contributed by atoms with Crippen LogP contribution in [0.15, 0.2) is 30.3 Å². The molecule has 0 fully saturated rings. The maximum atomic E-state index is 13.1. The number of anilines is 1. The molecular formula is C13H13ClFNS. The summed E-state index contributed by atoms with van der Waals surface area (Å²) in [4.78, 5) is 2.60. The van der Waals surface area contributed by atoms with E-state index in [1.807, 2.05) is 0 Å². The molecule has 1 aromatic carbocycles. The Labute approximate surface area is 109 Å². The summed E-state index contributed by atoms with van der Waals surface area (Å²) < 4.78 is 13.1. The van der Waals surface area contributed by atoms with Crippen LogP contribution in [0, 0.1) is 5.82 Å². The molecule has 0 radical (unpaired) electrons. The minimum atomic E-state index is -0.319. The van der Waals surface area contributed by atoms with Crippen molar-refractivity contribution in [3.05, 3.63) is 50.9 Å². The van der Waals surface area contributed by atoms with E-state index < -0.39 is 0 Å². The molecular weight excluding hydrogens is 257 g/mol. The van der Waals surface area contributed by atoms with E-state index in [2.05, 4.69) is 24.4 Å². The van der Waals surface area contributed by atoms with Gasteiger partial charge in [0.2, 0.25) is 0 Å². The predicted octanol–water partition coefficient (Wildman–Crippen LogP) is 4.72. The maximum absolute atomic E-state index is 13.1. The fourth-order valence-electron chi connectivity index (χ4n) is 1.55. The molecule has 1 N–H and O–H groups in total. The first-order valence-electron chi connectivity index (χ1n) is 5.45. The van der Waals surface area contributed by atoms with Crippen LogP contribution in [0.25, 0.3) is 0 Å². The van der Waals surface area contributed by atoms with Crippen molar-refractivity contribution in [1.29, 1.82) is 0 Å². The molecule has 0 aliphatic heterocycles. The van der Waals surface area contributed by atoms with Crippen LogP contribution in [0.3, 0.4) is 0 Å². The van der Waals surface area contributed by atoms with Crippen molar-refractivity contribution in [3.63, 3.8) is 0 Å². The fourth-order valence-corrected chi connectivity index (χ4v) is 2.67. The minimum absolute atomic E-state index is 0.319. The number of rotatable bonds is 4. The van der Waals surface area contributed by atoms with Gasteiger partial charge >= 0.3 is 0 Å². The molecule has 0 saturated heterocycles. The lowest BCUT2D eigenvalue weighted by Gasteiger charge is -2.05. The summed E-state index contributed by atoms with van der Waals surface area (Å²) in [5.74, 6) is -0.319. The molecule has 0 unspecified atom stereocenters. The van der Waals surface area contributed by atoms with Crippen molar-refractivity contribution in [1.82, 2.24) is 0 Å². The van der Waals surface area contributed by atoms with Crippen LogP contribution in [0.5, 0.6) is 0 Å². The molecule has 0 aliphatic carbocycles. The van der Waals surface area contributed by atoms with Gasteiger partial charge in [-0.15, -0.1) is 11.3 Å². The molecule has 90 valence electrons. The zero-order chi connectivity index (χ0) is 12.3. The smallest absolute Gasteiger partial charge is 0.126 e. The molecule has 1 heterocycles. The Hall–Kier alpha value is -1.06.